The molecule has 0 aromatic heterocycles. The molecule has 0 aromatic rings. The summed E-state index contributed by atoms with van der Waals surface area (Å²) in [7, 11) is 0. The average molecular weight is 459 g/mol. The Morgan fingerprint density at radius 2 is 0.875 bits per heavy atom. The summed E-state index contributed by atoms with van der Waals surface area (Å²) in [6.45, 7) is 4.36. The van der Waals surface area contributed by atoms with Crippen LogP contribution < -0.4 is 10.6 Å². The van der Waals surface area contributed by atoms with Gasteiger partial charge in [0.2, 0.25) is 0 Å². The lowest BCUT2D eigenvalue weighted by Crippen LogP contribution is -2.37. The third-order valence-corrected chi connectivity index (χ3v) is 4.59. The van der Waals surface area contributed by atoms with Crippen LogP contribution >= 0.6 is 0 Å². The molecule has 32 heavy (non-hydrogen) atoms. The number of hydrogen-bond donors (Lipinski definition) is 4. The van der Waals surface area contributed by atoms with Gasteiger partial charge in [0.05, 0.1) is 13.2 Å². The molecule has 0 atom stereocenters. The summed E-state index contributed by atoms with van der Waals surface area (Å²) in [5.74, 6) is -3.48. The lowest BCUT2D eigenvalue weighted by Gasteiger charge is -2.12. The fraction of sp³-hybridized carbons (Fsp3) is 0.727. The Balaban J connectivity index is 4.61. The molecule has 0 bridgehead atoms. The second kappa shape index (κ2) is 18.9. The number of nitrogens with one attached hydrogen (secondary N) is 2. The van der Waals surface area contributed by atoms with Crippen LogP contribution in [0.15, 0.2) is 11.4 Å². The van der Waals surface area contributed by atoms with Crippen molar-refractivity contribution in [2.24, 2.45) is 0 Å². The molecule has 184 valence electrons. The van der Waals surface area contributed by atoms with Gasteiger partial charge in [-0.05, 0) is 12.8 Å². The first-order chi connectivity index (χ1) is 15.3. The van der Waals surface area contributed by atoms with E-state index in [0.717, 1.165) is 64.2 Å². The summed E-state index contributed by atoms with van der Waals surface area (Å²) in [6, 6.07) is 0. The molecule has 0 rings (SSSR count). The minimum Gasteiger partial charge on any atom is -0.477 e. The molecule has 0 saturated carbocycles. The molecule has 0 heterocycles. The number of carboxylic acid groups (broad SMARTS) is 2. The Labute approximate surface area is 189 Å². The maximum Gasteiger partial charge on any atom is 0.411 e. The first-order valence-corrected chi connectivity index (χ1v) is 11.4. The Bertz CT molecular complexity index is 567. The molecule has 0 saturated heterocycles. The number of carbonyl (C=O) groups is 4. The van der Waals surface area contributed by atoms with E-state index in [1.165, 1.54) is 0 Å². The van der Waals surface area contributed by atoms with E-state index in [-0.39, 0.29) is 13.2 Å². The van der Waals surface area contributed by atoms with Gasteiger partial charge >= 0.3 is 24.1 Å². The van der Waals surface area contributed by atoms with Crippen LogP contribution in [-0.2, 0) is 19.1 Å². The van der Waals surface area contributed by atoms with E-state index >= 15 is 0 Å². The standard InChI is InChI=1S/C22H38N2O8/c1-3-5-7-9-11-13-15-31-21(29)23-17(19(25)26)18(20(27)28)24-22(30)32-16-14-12-10-8-6-4-2/h3-16H2,1-2H3,(H,23,29)(H,24,30)(H,25,26)(H,27,28). The SMILES string of the molecule is CCCCCCCCOC(=O)NC(C(=O)O)=C(NC(=O)OCCCCCCCC)C(=O)O. The molecule has 0 aliphatic heterocycles. The van der Waals surface area contributed by atoms with Crippen LogP contribution in [0.1, 0.15) is 90.9 Å². The van der Waals surface area contributed by atoms with Crippen molar-refractivity contribution in [3.8, 4) is 0 Å². The van der Waals surface area contributed by atoms with Gasteiger partial charge < -0.3 is 19.7 Å². The van der Waals surface area contributed by atoms with Crippen LogP contribution in [0.4, 0.5) is 9.59 Å². The molecular weight excluding hydrogens is 420 g/mol. The molecule has 10 nitrogen and oxygen atoms in total. The van der Waals surface area contributed by atoms with Crippen LogP contribution in [0.25, 0.3) is 0 Å². The zero-order valence-electron chi connectivity index (χ0n) is 19.2. The Kier molecular flexibility index (Phi) is 17.3. The predicted octanol–water partition coefficient (Wildman–Crippen LogP) is 4.54. The largest absolute Gasteiger partial charge is 0.477 e. The van der Waals surface area contributed by atoms with Gasteiger partial charge in [0.15, 0.2) is 11.4 Å². The van der Waals surface area contributed by atoms with Crippen molar-refractivity contribution in [2.45, 2.75) is 90.9 Å². The second-order valence-electron chi connectivity index (χ2n) is 7.42. The van der Waals surface area contributed by atoms with Crippen LogP contribution in [0.5, 0.6) is 0 Å². The van der Waals surface area contributed by atoms with Gasteiger partial charge in [-0.15, -0.1) is 0 Å². The van der Waals surface area contributed by atoms with Crippen LogP contribution in [0.2, 0.25) is 0 Å². The van der Waals surface area contributed by atoms with Crippen LogP contribution in [0, 0.1) is 0 Å². The molecule has 0 fully saturated rings. The van der Waals surface area contributed by atoms with Gasteiger partial charge in [0.1, 0.15) is 0 Å². The minimum absolute atomic E-state index is 0.0704. The topological polar surface area (TPSA) is 151 Å². The summed E-state index contributed by atoms with van der Waals surface area (Å²) in [6.07, 6.45) is 9.44. The van der Waals surface area contributed by atoms with Crippen molar-refractivity contribution in [1.29, 1.82) is 0 Å². The van der Waals surface area contributed by atoms with Gasteiger partial charge in [-0.1, -0.05) is 78.1 Å². The zero-order chi connectivity index (χ0) is 24.2. The Morgan fingerprint density at radius 1 is 0.562 bits per heavy atom. The fourth-order valence-electron chi connectivity index (χ4n) is 2.82. The van der Waals surface area contributed by atoms with Gasteiger partial charge in [-0.2, -0.15) is 0 Å². The number of aliphatic carboxylic acids is 2. The Morgan fingerprint density at radius 3 is 1.19 bits per heavy atom. The first kappa shape index (κ1) is 29.2. The Hall–Kier alpha value is -2.78. The highest BCUT2D eigenvalue weighted by Crippen LogP contribution is 2.07. The maximum absolute atomic E-state index is 11.9. The number of carbonyl (C=O) groups excluding carboxylic acids is 2. The summed E-state index contributed by atoms with van der Waals surface area (Å²) in [5, 5.41) is 22.3. The van der Waals surface area contributed by atoms with E-state index in [0.29, 0.717) is 12.8 Å². The minimum atomic E-state index is -1.74. The number of ether oxygens (including phenoxy) is 2. The van der Waals surface area contributed by atoms with E-state index in [1.807, 2.05) is 10.6 Å². The maximum atomic E-state index is 11.9. The lowest BCUT2D eigenvalue weighted by molar-refractivity contribution is -0.136. The molecule has 0 aliphatic rings. The van der Waals surface area contributed by atoms with Crippen molar-refractivity contribution >= 4 is 24.1 Å². The predicted molar refractivity (Wildman–Crippen MR) is 118 cm³/mol. The average Bonchev–Trinajstić information content (AvgIpc) is 2.74. The summed E-state index contributed by atoms with van der Waals surface area (Å²) in [4.78, 5) is 46.6. The highest BCUT2D eigenvalue weighted by atomic mass is 16.6. The quantitative estimate of drug-likeness (QED) is 0.173. The molecule has 0 radical (unpaired) electrons. The first-order valence-electron chi connectivity index (χ1n) is 11.4. The number of hydrogen-bond acceptors (Lipinski definition) is 6. The van der Waals surface area contributed by atoms with Gasteiger partial charge in [0.25, 0.3) is 0 Å². The number of rotatable bonds is 18. The third-order valence-electron chi connectivity index (χ3n) is 4.59. The molecule has 0 spiro atoms. The van der Waals surface area contributed by atoms with Gasteiger partial charge in [-0.25, -0.2) is 19.2 Å². The monoisotopic (exact) mass is 458 g/mol. The van der Waals surface area contributed by atoms with Crippen LogP contribution in [0.3, 0.4) is 0 Å². The third kappa shape index (κ3) is 15.1. The van der Waals surface area contributed by atoms with Crippen molar-refractivity contribution in [3.05, 3.63) is 11.4 Å². The highest BCUT2D eigenvalue weighted by molar-refractivity contribution is 6.02. The molecular formula is C22H38N2O8. The summed E-state index contributed by atoms with van der Waals surface area (Å²) in [5.41, 5.74) is -2.02. The van der Waals surface area contributed by atoms with Gasteiger partial charge in [0, 0.05) is 0 Å². The zero-order valence-corrected chi connectivity index (χ0v) is 19.2. The molecule has 2 amide bonds. The molecule has 0 unspecified atom stereocenters. The highest BCUT2D eigenvalue weighted by Gasteiger charge is 2.25. The fourth-order valence-corrected chi connectivity index (χ4v) is 2.82. The number of unbranched alkanes of at least 4 members (excludes halogenated alkanes) is 10. The van der Waals surface area contributed by atoms with Crippen molar-refractivity contribution in [3.63, 3.8) is 0 Å². The summed E-state index contributed by atoms with van der Waals surface area (Å²) >= 11 is 0. The smallest absolute Gasteiger partial charge is 0.411 e. The number of carboxylic acids is 2. The van der Waals surface area contributed by atoms with Crippen LogP contribution in [-0.4, -0.2) is 47.6 Å². The van der Waals surface area contributed by atoms with E-state index in [9.17, 15) is 29.4 Å². The van der Waals surface area contributed by atoms with Crippen molar-refractivity contribution in [2.75, 3.05) is 13.2 Å². The normalized spacial score (nSPS) is 11.3. The second-order valence-corrected chi connectivity index (χ2v) is 7.42. The van der Waals surface area contributed by atoms with E-state index in [4.69, 9.17) is 9.47 Å². The molecule has 10 heteroatoms. The lowest BCUT2D eigenvalue weighted by atomic mass is 10.1. The van der Waals surface area contributed by atoms with Crippen molar-refractivity contribution < 1.29 is 38.9 Å². The van der Waals surface area contributed by atoms with E-state index in [2.05, 4.69) is 13.8 Å². The van der Waals surface area contributed by atoms with E-state index in [1.54, 1.807) is 0 Å². The number of alkyl carbamates (subject to hydrolysis) is 2. The number of amides is 2. The van der Waals surface area contributed by atoms with E-state index < -0.39 is 35.5 Å². The molecule has 0 aromatic carbocycles. The molecule has 4 N–H and O–H groups in total. The van der Waals surface area contributed by atoms with Crippen molar-refractivity contribution in [1.82, 2.24) is 10.6 Å². The summed E-state index contributed by atoms with van der Waals surface area (Å²) < 4.78 is 9.80. The van der Waals surface area contributed by atoms with Gasteiger partial charge in [-0.3, -0.25) is 10.6 Å². The molecule has 0 aliphatic carbocycles.